The van der Waals surface area contributed by atoms with Crippen LogP contribution in [0.1, 0.15) is 10.6 Å². The predicted octanol–water partition coefficient (Wildman–Crippen LogP) is 2.87. The summed E-state index contributed by atoms with van der Waals surface area (Å²) in [5.74, 6) is -3.80. The number of hydrogen-bond acceptors (Lipinski definition) is 3. The lowest BCUT2D eigenvalue weighted by atomic mass is 10.2. The zero-order valence-corrected chi connectivity index (χ0v) is 10.1. The molecule has 0 amide bonds. The molecule has 2 heterocycles. The third kappa shape index (κ3) is 1.81. The van der Waals surface area contributed by atoms with Crippen LogP contribution in [0.4, 0.5) is 13.2 Å². The highest BCUT2D eigenvalue weighted by molar-refractivity contribution is 7.15. The van der Waals surface area contributed by atoms with E-state index in [-0.39, 0.29) is 5.56 Å². The van der Waals surface area contributed by atoms with Crippen molar-refractivity contribution in [3.05, 3.63) is 40.2 Å². The van der Waals surface area contributed by atoms with Crippen LogP contribution in [0.15, 0.2) is 12.1 Å². The molecule has 3 rings (SSSR count). The fourth-order valence-corrected chi connectivity index (χ4v) is 3.03. The quantitative estimate of drug-likeness (QED) is 0.806. The highest BCUT2D eigenvalue weighted by atomic mass is 32.1. The summed E-state index contributed by atoms with van der Waals surface area (Å²) >= 11 is 1.31. The maximum Gasteiger partial charge on any atom is 0.195 e. The fourth-order valence-electron chi connectivity index (χ4n) is 1.93. The minimum Gasteiger partial charge on any atom is -0.311 e. The molecule has 0 atom stereocenters. The molecule has 0 fully saturated rings. The van der Waals surface area contributed by atoms with Crippen LogP contribution in [0.2, 0.25) is 0 Å². The topological polar surface area (TPSA) is 24.9 Å². The summed E-state index contributed by atoms with van der Waals surface area (Å²) in [5, 5.41) is 3.59. The Balaban J connectivity index is 2.10. The van der Waals surface area contributed by atoms with E-state index in [1.54, 1.807) is 0 Å². The fraction of sp³-hybridized carbons (Fsp3) is 0.250. The summed E-state index contributed by atoms with van der Waals surface area (Å²) in [5.41, 5.74) is 0.936. The SMILES string of the molecule is Fc1ccc(-c2nc3c(s2)CNCC3)c(F)c1F. The van der Waals surface area contributed by atoms with Gasteiger partial charge >= 0.3 is 0 Å². The van der Waals surface area contributed by atoms with E-state index in [0.29, 0.717) is 11.6 Å². The van der Waals surface area contributed by atoms with Gasteiger partial charge in [0.2, 0.25) is 0 Å². The van der Waals surface area contributed by atoms with E-state index in [1.165, 1.54) is 17.4 Å². The number of fused-ring (bicyclic) bond motifs is 1. The van der Waals surface area contributed by atoms with Crippen molar-refractivity contribution in [3.8, 4) is 10.6 Å². The standard InChI is InChI=1S/C12H9F3N2S/c13-7-2-1-6(10(14)11(7)15)12-17-8-3-4-16-5-9(8)18-12/h1-2,16H,3-5H2. The number of aromatic nitrogens is 1. The summed E-state index contributed by atoms with van der Waals surface area (Å²) in [4.78, 5) is 5.33. The number of thiazole rings is 1. The Bertz CT molecular complexity index is 586. The van der Waals surface area contributed by atoms with Crippen LogP contribution >= 0.6 is 11.3 Å². The van der Waals surface area contributed by atoms with Gasteiger partial charge in [0.15, 0.2) is 17.5 Å². The van der Waals surface area contributed by atoms with Crippen molar-refractivity contribution in [2.75, 3.05) is 6.54 Å². The smallest absolute Gasteiger partial charge is 0.195 e. The first-order valence-corrected chi connectivity index (χ1v) is 6.31. The van der Waals surface area contributed by atoms with Gasteiger partial charge in [-0.1, -0.05) is 0 Å². The van der Waals surface area contributed by atoms with E-state index in [9.17, 15) is 13.2 Å². The van der Waals surface area contributed by atoms with Crippen LogP contribution in [0.5, 0.6) is 0 Å². The molecule has 0 bridgehead atoms. The number of rotatable bonds is 1. The second-order valence-electron chi connectivity index (χ2n) is 4.04. The van der Waals surface area contributed by atoms with Gasteiger partial charge in [-0.25, -0.2) is 18.2 Å². The van der Waals surface area contributed by atoms with Crippen LogP contribution in [0, 0.1) is 17.5 Å². The summed E-state index contributed by atoms with van der Waals surface area (Å²) in [6, 6.07) is 2.15. The second-order valence-corrected chi connectivity index (χ2v) is 5.12. The van der Waals surface area contributed by atoms with E-state index in [4.69, 9.17) is 0 Å². The average Bonchev–Trinajstić information content (AvgIpc) is 2.79. The van der Waals surface area contributed by atoms with Gasteiger partial charge in [-0.05, 0) is 12.1 Å². The van der Waals surface area contributed by atoms with Gasteiger partial charge in [-0.3, -0.25) is 0 Å². The third-order valence-corrected chi connectivity index (χ3v) is 4.00. The Labute approximate surface area is 105 Å². The summed E-state index contributed by atoms with van der Waals surface area (Å²) in [7, 11) is 0. The molecule has 2 aromatic rings. The van der Waals surface area contributed by atoms with Gasteiger partial charge in [0.1, 0.15) is 5.01 Å². The van der Waals surface area contributed by atoms with E-state index in [1.807, 2.05) is 0 Å². The normalized spacial score (nSPS) is 14.6. The number of nitrogens with zero attached hydrogens (tertiary/aromatic N) is 1. The first kappa shape index (κ1) is 11.7. The molecule has 2 nitrogen and oxygen atoms in total. The molecule has 0 aliphatic carbocycles. The largest absolute Gasteiger partial charge is 0.311 e. The molecule has 0 spiro atoms. The molecule has 1 N–H and O–H groups in total. The van der Waals surface area contributed by atoms with Crippen LogP contribution in [0.25, 0.3) is 10.6 Å². The monoisotopic (exact) mass is 270 g/mol. The Morgan fingerprint density at radius 2 is 2.00 bits per heavy atom. The molecule has 0 unspecified atom stereocenters. The molecule has 1 aliphatic rings. The summed E-state index contributed by atoms with van der Waals surface area (Å²) < 4.78 is 39.7. The maximum absolute atomic E-state index is 13.6. The van der Waals surface area contributed by atoms with Crippen LogP contribution < -0.4 is 5.32 Å². The van der Waals surface area contributed by atoms with Crippen molar-refractivity contribution in [1.29, 1.82) is 0 Å². The summed E-state index contributed by atoms with van der Waals surface area (Å²) in [6.07, 6.45) is 0.775. The van der Waals surface area contributed by atoms with Crippen LogP contribution in [-0.4, -0.2) is 11.5 Å². The lowest BCUT2D eigenvalue weighted by Gasteiger charge is -2.09. The number of benzene rings is 1. The Morgan fingerprint density at radius 1 is 1.17 bits per heavy atom. The Hall–Kier alpha value is -1.40. The first-order valence-electron chi connectivity index (χ1n) is 5.50. The van der Waals surface area contributed by atoms with Gasteiger partial charge in [0, 0.05) is 30.0 Å². The molecule has 94 valence electrons. The molecular weight excluding hydrogens is 261 g/mol. The highest BCUT2D eigenvalue weighted by Crippen LogP contribution is 2.32. The van der Waals surface area contributed by atoms with E-state index >= 15 is 0 Å². The predicted molar refractivity (Wildman–Crippen MR) is 62.8 cm³/mol. The number of nitrogens with one attached hydrogen (secondary N) is 1. The van der Waals surface area contributed by atoms with Gasteiger partial charge in [-0.15, -0.1) is 11.3 Å². The van der Waals surface area contributed by atoms with Gasteiger partial charge in [0.05, 0.1) is 5.69 Å². The Kier molecular flexibility index (Phi) is 2.83. The molecule has 18 heavy (non-hydrogen) atoms. The number of halogens is 3. The van der Waals surface area contributed by atoms with E-state index in [2.05, 4.69) is 10.3 Å². The van der Waals surface area contributed by atoms with Crippen molar-refractivity contribution >= 4 is 11.3 Å². The molecule has 1 aromatic heterocycles. The van der Waals surface area contributed by atoms with Crippen molar-refractivity contribution in [3.63, 3.8) is 0 Å². The molecule has 6 heteroatoms. The van der Waals surface area contributed by atoms with Gasteiger partial charge < -0.3 is 5.32 Å². The minimum absolute atomic E-state index is 0.0216. The van der Waals surface area contributed by atoms with Gasteiger partial charge in [-0.2, -0.15) is 0 Å². The van der Waals surface area contributed by atoms with Crippen molar-refractivity contribution in [2.45, 2.75) is 13.0 Å². The van der Waals surface area contributed by atoms with Gasteiger partial charge in [0.25, 0.3) is 0 Å². The van der Waals surface area contributed by atoms with E-state index in [0.717, 1.165) is 29.6 Å². The lowest BCUT2D eigenvalue weighted by molar-refractivity contribution is 0.449. The third-order valence-electron chi connectivity index (χ3n) is 2.87. The molecule has 1 aliphatic heterocycles. The van der Waals surface area contributed by atoms with E-state index < -0.39 is 17.5 Å². The zero-order valence-electron chi connectivity index (χ0n) is 9.27. The lowest BCUT2D eigenvalue weighted by Crippen LogP contribution is -2.22. The zero-order chi connectivity index (χ0) is 12.7. The molecule has 0 radical (unpaired) electrons. The second kappa shape index (κ2) is 4.37. The van der Waals surface area contributed by atoms with Crippen LogP contribution in [-0.2, 0) is 13.0 Å². The molecule has 1 aromatic carbocycles. The Morgan fingerprint density at radius 3 is 2.78 bits per heavy atom. The molecule has 0 saturated carbocycles. The molecular formula is C12H9F3N2S. The maximum atomic E-state index is 13.6. The minimum atomic E-state index is -1.45. The first-order chi connectivity index (χ1) is 8.66. The van der Waals surface area contributed by atoms with Crippen molar-refractivity contribution in [1.82, 2.24) is 10.3 Å². The van der Waals surface area contributed by atoms with Crippen molar-refractivity contribution in [2.24, 2.45) is 0 Å². The molecule has 0 saturated heterocycles. The van der Waals surface area contributed by atoms with Crippen molar-refractivity contribution < 1.29 is 13.2 Å². The summed E-state index contributed by atoms with van der Waals surface area (Å²) in [6.45, 7) is 1.52. The number of hydrogen-bond donors (Lipinski definition) is 1. The van der Waals surface area contributed by atoms with Crippen LogP contribution in [0.3, 0.4) is 0 Å². The average molecular weight is 270 g/mol. The highest BCUT2D eigenvalue weighted by Gasteiger charge is 2.20.